The number of rotatable bonds is 6. The van der Waals surface area contributed by atoms with E-state index in [0.29, 0.717) is 25.6 Å². The van der Waals surface area contributed by atoms with E-state index in [0.717, 1.165) is 32.3 Å². The number of carbonyl (C=O) groups excluding carboxylic acids is 2. The highest BCUT2D eigenvalue weighted by molar-refractivity contribution is 5.78. The van der Waals surface area contributed by atoms with Gasteiger partial charge in [-0.15, -0.1) is 0 Å². The number of nitrogens with zero attached hydrogens (tertiary/aromatic N) is 1. The molecular weight excluding hydrogens is 336 g/mol. The molecule has 2 amide bonds. The summed E-state index contributed by atoms with van der Waals surface area (Å²) in [5.41, 5.74) is -0.534. The normalized spacial score (nSPS) is 26.6. The van der Waals surface area contributed by atoms with Crippen molar-refractivity contribution in [3.63, 3.8) is 0 Å². The SMILES string of the molecule is C[C@@H]1CCCN(C(=O)COC[C@H]2CCCO2)[C@H]1CNC(=O)OC(C)(C)C. The Morgan fingerprint density at radius 3 is 2.65 bits per heavy atom. The highest BCUT2D eigenvalue weighted by Gasteiger charge is 2.32. The average molecular weight is 370 g/mol. The lowest BCUT2D eigenvalue weighted by Gasteiger charge is -2.40. The molecule has 7 heteroatoms. The predicted octanol–water partition coefficient (Wildman–Crippen LogP) is 2.33. The maximum Gasteiger partial charge on any atom is 0.407 e. The molecule has 26 heavy (non-hydrogen) atoms. The van der Waals surface area contributed by atoms with Gasteiger partial charge in [0.15, 0.2) is 0 Å². The second kappa shape index (κ2) is 9.55. The Kier molecular flexibility index (Phi) is 7.70. The molecule has 1 N–H and O–H groups in total. The van der Waals surface area contributed by atoms with Gasteiger partial charge in [-0.3, -0.25) is 4.79 Å². The van der Waals surface area contributed by atoms with Crippen molar-refractivity contribution in [2.24, 2.45) is 5.92 Å². The van der Waals surface area contributed by atoms with Gasteiger partial charge in [0, 0.05) is 19.7 Å². The van der Waals surface area contributed by atoms with E-state index in [4.69, 9.17) is 14.2 Å². The van der Waals surface area contributed by atoms with E-state index >= 15 is 0 Å². The molecule has 0 unspecified atom stereocenters. The minimum atomic E-state index is -0.534. The summed E-state index contributed by atoms with van der Waals surface area (Å²) in [5.74, 6) is 0.298. The van der Waals surface area contributed by atoms with Gasteiger partial charge in [-0.1, -0.05) is 6.92 Å². The summed E-state index contributed by atoms with van der Waals surface area (Å²) in [7, 11) is 0. The van der Waals surface area contributed by atoms with Crippen LogP contribution in [-0.4, -0.2) is 67.6 Å². The molecule has 0 aromatic carbocycles. The molecule has 0 aliphatic carbocycles. The second-order valence-electron chi connectivity index (χ2n) is 8.31. The maximum absolute atomic E-state index is 12.6. The molecule has 0 aromatic rings. The first-order chi connectivity index (χ1) is 12.3. The summed E-state index contributed by atoms with van der Waals surface area (Å²) in [4.78, 5) is 26.4. The monoisotopic (exact) mass is 370 g/mol. The van der Waals surface area contributed by atoms with Crippen molar-refractivity contribution < 1.29 is 23.8 Å². The second-order valence-corrected chi connectivity index (χ2v) is 8.31. The quantitative estimate of drug-likeness (QED) is 0.776. The fraction of sp³-hybridized carbons (Fsp3) is 0.895. The number of ether oxygens (including phenoxy) is 3. The van der Waals surface area contributed by atoms with Gasteiger partial charge in [0.25, 0.3) is 0 Å². The summed E-state index contributed by atoms with van der Waals surface area (Å²) in [5, 5.41) is 2.81. The molecule has 2 aliphatic rings. The topological polar surface area (TPSA) is 77.1 Å². The van der Waals surface area contributed by atoms with E-state index in [1.54, 1.807) is 0 Å². The number of hydrogen-bond acceptors (Lipinski definition) is 5. The van der Waals surface area contributed by atoms with Crippen LogP contribution in [0.15, 0.2) is 0 Å². The Morgan fingerprint density at radius 2 is 2.00 bits per heavy atom. The van der Waals surface area contributed by atoms with Crippen molar-refractivity contribution in [1.82, 2.24) is 10.2 Å². The summed E-state index contributed by atoms with van der Waals surface area (Å²) in [6, 6.07) is -0.0323. The van der Waals surface area contributed by atoms with E-state index in [1.165, 1.54) is 0 Å². The molecule has 0 saturated carbocycles. The van der Waals surface area contributed by atoms with Gasteiger partial charge in [0.05, 0.1) is 18.8 Å². The summed E-state index contributed by atoms with van der Waals surface area (Å²) >= 11 is 0. The molecule has 7 nitrogen and oxygen atoms in total. The zero-order valence-corrected chi connectivity index (χ0v) is 16.6. The lowest BCUT2D eigenvalue weighted by Crippen LogP contribution is -2.54. The van der Waals surface area contributed by atoms with E-state index in [-0.39, 0.29) is 24.7 Å². The first-order valence-electron chi connectivity index (χ1n) is 9.72. The van der Waals surface area contributed by atoms with E-state index in [1.807, 2.05) is 25.7 Å². The zero-order valence-electron chi connectivity index (χ0n) is 16.6. The van der Waals surface area contributed by atoms with E-state index in [2.05, 4.69) is 12.2 Å². The predicted molar refractivity (Wildman–Crippen MR) is 97.9 cm³/mol. The fourth-order valence-electron chi connectivity index (χ4n) is 3.51. The molecule has 2 aliphatic heterocycles. The molecule has 0 radical (unpaired) electrons. The number of likely N-dealkylation sites (tertiary alicyclic amines) is 1. The molecule has 0 aromatic heterocycles. The third-order valence-corrected chi connectivity index (χ3v) is 4.84. The molecule has 2 heterocycles. The van der Waals surface area contributed by atoms with E-state index < -0.39 is 11.7 Å². The third-order valence-electron chi connectivity index (χ3n) is 4.84. The zero-order chi connectivity index (χ0) is 19.2. The van der Waals surface area contributed by atoms with Crippen LogP contribution in [0.5, 0.6) is 0 Å². The van der Waals surface area contributed by atoms with Crippen LogP contribution in [0.1, 0.15) is 53.4 Å². The highest BCUT2D eigenvalue weighted by Crippen LogP contribution is 2.23. The highest BCUT2D eigenvalue weighted by atomic mass is 16.6. The minimum absolute atomic E-state index is 0.0227. The van der Waals surface area contributed by atoms with Gasteiger partial charge in [-0.25, -0.2) is 4.79 Å². The van der Waals surface area contributed by atoms with Crippen LogP contribution in [0.2, 0.25) is 0 Å². The Hall–Kier alpha value is -1.34. The van der Waals surface area contributed by atoms with Crippen molar-refractivity contribution >= 4 is 12.0 Å². The van der Waals surface area contributed by atoms with Crippen LogP contribution < -0.4 is 5.32 Å². The van der Waals surface area contributed by atoms with Crippen LogP contribution >= 0.6 is 0 Å². The molecule has 2 saturated heterocycles. The molecule has 2 fully saturated rings. The Labute approximate surface area is 156 Å². The summed E-state index contributed by atoms with van der Waals surface area (Å²) < 4.78 is 16.4. The number of carbonyl (C=O) groups is 2. The smallest absolute Gasteiger partial charge is 0.407 e. The summed E-state index contributed by atoms with van der Waals surface area (Å²) in [6.45, 7) is 10.0. The Bertz CT molecular complexity index is 471. The van der Waals surface area contributed by atoms with Crippen molar-refractivity contribution in [3.05, 3.63) is 0 Å². The van der Waals surface area contributed by atoms with Gasteiger partial charge in [-0.2, -0.15) is 0 Å². The van der Waals surface area contributed by atoms with Crippen LogP contribution in [0.3, 0.4) is 0 Å². The van der Waals surface area contributed by atoms with Crippen molar-refractivity contribution in [2.75, 3.05) is 32.9 Å². The molecular formula is C19H34N2O5. The molecule has 2 rings (SSSR count). The largest absolute Gasteiger partial charge is 0.444 e. The lowest BCUT2D eigenvalue weighted by molar-refractivity contribution is -0.142. The Morgan fingerprint density at radius 1 is 1.23 bits per heavy atom. The average Bonchev–Trinajstić information content (AvgIpc) is 3.05. The number of alkyl carbamates (subject to hydrolysis) is 1. The number of amides is 2. The van der Waals surface area contributed by atoms with Crippen LogP contribution in [-0.2, 0) is 19.0 Å². The number of hydrogen-bond donors (Lipinski definition) is 1. The van der Waals surface area contributed by atoms with Gasteiger partial charge in [-0.05, 0) is 52.4 Å². The van der Waals surface area contributed by atoms with Crippen molar-refractivity contribution in [3.8, 4) is 0 Å². The van der Waals surface area contributed by atoms with Crippen molar-refractivity contribution in [1.29, 1.82) is 0 Å². The van der Waals surface area contributed by atoms with Crippen LogP contribution in [0.4, 0.5) is 4.79 Å². The first-order valence-corrected chi connectivity index (χ1v) is 9.72. The standard InChI is InChI=1S/C19H34N2O5/c1-14-7-5-9-21(16(14)11-20-18(23)26-19(2,3)4)17(22)13-24-12-15-8-6-10-25-15/h14-16H,5-13H2,1-4H3,(H,20,23)/t14-,15-,16+/m1/s1. The number of piperidine rings is 1. The lowest BCUT2D eigenvalue weighted by atomic mass is 9.90. The molecule has 150 valence electrons. The van der Waals surface area contributed by atoms with Gasteiger partial charge < -0.3 is 24.4 Å². The minimum Gasteiger partial charge on any atom is -0.444 e. The van der Waals surface area contributed by atoms with E-state index in [9.17, 15) is 9.59 Å². The van der Waals surface area contributed by atoms with Crippen LogP contribution in [0.25, 0.3) is 0 Å². The van der Waals surface area contributed by atoms with Crippen molar-refractivity contribution in [2.45, 2.75) is 71.1 Å². The Balaban J connectivity index is 1.81. The summed E-state index contributed by atoms with van der Waals surface area (Å²) in [6.07, 6.45) is 3.74. The van der Waals surface area contributed by atoms with Gasteiger partial charge in [0.1, 0.15) is 12.2 Å². The van der Waals surface area contributed by atoms with Gasteiger partial charge in [0.2, 0.25) is 5.91 Å². The number of nitrogens with one attached hydrogen (secondary N) is 1. The maximum atomic E-state index is 12.6. The third kappa shape index (κ3) is 6.76. The first kappa shape index (κ1) is 21.0. The van der Waals surface area contributed by atoms with Crippen LogP contribution in [0, 0.1) is 5.92 Å². The molecule has 0 spiro atoms. The molecule has 3 atom stereocenters. The molecule has 0 bridgehead atoms. The fourth-order valence-corrected chi connectivity index (χ4v) is 3.51. The van der Waals surface area contributed by atoms with Gasteiger partial charge >= 0.3 is 6.09 Å².